The molecule has 0 spiro atoms. The van der Waals surface area contributed by atoms with E-state index in [1.54, 1.807) is 25.2 Å². The van der Waals surface area contributed by atoms with E-state index in [9.17, 15) is 22.4 Å². The van der Waals surface area contributed by atoms with Gasteiger partial charge in [0.15, 0.2) is 0 Å². The number of hydrogen-bond donors (Lipinski definition) is 4. The van der Waals surface area contributed by atoms with Gasteiger partial charge in [0.2, 0.25) is 0 Å². The molecular weight excluding hydrogens is 454 g/mol. The zero-order chi connectivity index (χ0) is 24.6. The van der Waals surface area contributed by atoms with E-state index in [1.807, 2.05) is 0 Å². The predicted molar refractivity (Wildman–Crippen MR) is 120 cm³/mol. The fraction of sp³-hybridized carbons (Fsp3) is 0.182. The van der Waals surface area contributed by atoms with Crippen LogP contribution >= 0.6 is 0 Å². The maximum atomic E-state index is 14.0. The molecule has 1 aliphatic rings. The second kappa shape index (κ2) is 8.61. The fourth-order valence-corrected chi connectivity index (χ4v) is 3.73. The van der Waals surface area contributed by atoms with Gasteiger partial charge in [0.05, 0.1) is 22.5 Å². The quantitative estimate of drug-likeness (QED) is 0.333. The van der Waals surface area contributed by atoms with Crippen LogP contribution < -0.4 is 21.3 Å². The molecule has 5 N–H and O–H groups in total. The Hall–Kier alpha value is -4.22. The third kappa shape index (κ3) is 4.21. The molecule has 8 nitrogen and oxygen atoms in total. The number of benzene rings is 2. The Kier molecular flexibility index (Phi) is 5.82. The summed E-state index contributed by atoms with van der Waals surface area (Å²) in [6, 6.07) is 6.01. The molecule has 1 aromatic heterocycles. The predicted octanol–water partition coefficient (Wildman–Crippen LogP) is 4.27. The number of amides is 2. The summed E-state index contributed by atoms with van der Waals surface area (Å²) < 4.78 is 52.9. The number of nitrogens with one attached hydrogen (secondary N) is 3. The Labute approximate surface area is 191 Å². The SMILES string of the molecule is CNc1ncnc(N)c1C(=N)c1ccc2c(c1)CCN2C(=O)Nc1cc(C(F)(F)F)ccc1F. The first-order chi connectivity index (χ1) is 16.1. The van der Waals surface area contributed by atoms with Crippen molar-refractivity contribution in [3.05, 3.63) is 70.8 Å². The van der Waals surface area contributed by atoms with E-state index in [-0.39, 0.29) is 18.1 Å². The number of nitrogens with zero attached hydrogens (tertiary/aromatic N) is 3. The minimum atomic E-state index is -4.67. The number of alkyl halides is 3. The smallest absolute Gasteiger partial charge is 0.383 e. The van der Waals surface area contributed by atoms with E-state index in [4.69, 9.17) is 11.1 Å². The second-order valence-corrected chi connectivity index (χ2v) is 7.48. The van der Waals surface area contributed by atoms with Gasteiger partial charge in [-0.2, -0.15) is 13.2 Å². The van der Waals surface area contributed by atoms with Crippen LogP contribution in [0.2, 0.25) is 0 Å². The first kappa shape index (κ1) is 23.0. The van der Waals surface area contributed by atoms with Crippen molar-refractivity contribution in [1.82, 2.24) is 9.97 Å². The lowest BCUT2D eigenvalue weighted by atomic mass is 10.00. The van der Waals surface area contributed by atoms with Crippen molar-refractivity contribution in [2.24, 2.45) is 0 Å². The third-order valence-electron chi connectivity index (χ3n) is 5.41. The highest BCUT2D eigenvalue weighted by Gasteiger charge is 2.32. The molecule has 0 fully saturated rings. The van der Waals surface area contributed by atoms with Gasteiger partial charge in [-0.1, -0.05) is 6.07 Å². The highest BCUT2D eigenvalue weighted by atomic mass is 19.4. The number of fused-ring (bicyclic) bond motifs is 1. The van der Waals surface area contributed by atoms with Gasteiger partial charge in [-0.05, 0) is 42.3 Å². The standard InChI is InChI=1S/C22H19F4N7O/c1-29-20-17(19(28)30-10-31-20)18(27)12-2-5-16-11(8-12)6-7-33(16)21(34)32-15-9-13(22(24,25)26)3-4-14(15)23/h2-5,8-10,27H,6-7H2,1H3,(H,32,34)(H3,28,29,30,31). The van der Waals surface area contributed by atoms with Crippen molar-refractivity contribution in [1.29, 1.82) is 5.41 Å². The molecular formula is C22H19F4N7O. The average molecular weight is 473 g/mol. The number of halogens is 4. The molecule has 0 bridgehead atoms. The van der Waals surface area contributed by atoms with Gasteiger partial charge >= 0.3 is 12.2 Å². The molecule has 0 unspecified atom stereocenters. The highest BCUT2D eigenvalue weighted by Crippen LogP contribution is 2.34. The summed E-state index contributed by atoms with van der Waals surface area (Å²) in [5.74, 6) is -0.455. The maximum absolute atomic E-state index is 14.0. The number of nitrogen functional groups attached to an aromatic ring is 1. The zero-order valence-electron chi connectivity index (χ0n) is 17.8. The van der Waals surface area contributed by atoms with Gasteiger partial charge in [0, 0.05) is 24.8 Å². The number of nitrogens with two attached hydrogens (primary N) is 1. The molecule has 2 aromatic carbocycles. The number of aromatic nitrogens is 2. The number of urea groups is 1. The molecule has 1 aliphatic heterocycles. The average Bonchev–Trinajstić information content (AvgIpc) is 3.22. The summed E-state index contributed by atoms with van der Waals surface area (Å²) in [5, 5.41) is 13.7. The van der Waals surface area contributed by atoms with Gasteiger partial charge in [0.1, 0.15) is 23.8 Å². The van der Waals surface area contributed by atoms with Crippen LogP contribution in [0.15, 0.2) is 42.7 Å². The van der Waals surface area contributed by atoms with Crippen molar-refractivity contribution in [2.45, 2.75) is 12.6 Å². The normalized spacial score (nSPS) is 12.9. The molecule has 4 rings (SSSR count). The zero-order valence-corrected chi connectivity index (χ0v) is 17.8. The van der Waals surface area contributed by atoms with Crippen molar-refractivity contribution in [3.63, 3.8) is 0 Å². The molecule has 12 heteroatoms. The van der Waals surface area contributed by atoms with E-state index >= 15 is 0 Å². The summed E-state index contributed by atoms with van der Waals surface area (Å²) in [6.07, 6.45) is -2.95. The first-order valence-corrected chi connectivity index (χ1v) is 10.1. The van der Waals surface area contributed by atoms with E-state index in [1.165, 1.54) is 11.2 Å². The van der Waals surface area contributed by atoms with E-state index in [0.29, 0.717) is 47.3 Å². The Morgan fingerprint density at radius 1 is 1.18 bits per heavy atom. The van der Waals surface area contributed by atoms with Gasteiger partial charge in [0.25, 0.3) is 0 Å². The monoisotopic (exact) mass is 473 g/mol. The summed E-state index contributed by atoms with van der Waals surface area (Å²) in [4.78, 5) is 22.1. The van der Waals surface area contributed by atoms with Gasteiger partial charge in [-0.3, -0.25) is 10.3 Å². The largest absolute Gasteiger partial charge is 0.416 e. The number of carbonyl (C=O) groups is 1. The van der Waals surface area contributed by atoms with Gasteiger partial charge in [-0.25, -0.2) is 19.2 Å². The lowest BCUT2D eigenvalue weighted by Crippen LogP contribution is -2.33. The third-order valence-corrected chi connectivity index (χ3v) is 5.41. The fourth-order valence-electron chi connectivity index (χ4n) is 3.73. The summed E-state index contributed by atoms with van der Waals surface area (Å²) in [7, 11) is 1.64. The van der Waals surface area contributed by atoms with Crippen LogP contribution in [0.3, 0.4) is 0 Å². The van der Waals surface area contributed by atoms with Crippen molar-refractivity contribution in [3.8, 4) is 0 Å². The number of anilines is 4. The second-order valence-electron chi connectivity index (χ2n) is 7.48. The number of rotatable bonds is 4. The van der Waals surface area contributed by atoms with Crippen molar-refractivity contribution in [2.75, 3.05) is 34.9 Å². The van der Waals surface area contributed by atoms with E-state index in [0.717, 1.165) is 5.56 Å². The van der Waals surface area contributed by atoms with Crippen LogP contribution in [0.25, 0.3) is 0 Å². The van der Waals surface area contributed by atoms with Crippen LogP contribution in [-0.2, 0) is 12.6 Å². The minimum Gasteiger partial charge on any atom is -0.383 e. The Balaban J connectivity index is 1.58. The molecule has 176 valence electrons. The molecule has 34 heavy (non-hydrogen) atoms. The molecule has 2 heterocycles. The minimum absolute atomic E-state index is 0.0826. The Morgan fingerprint density at radius 3 is 2.65 bits per heavy atom. The molecule has 0 saturated carbocycles. The lowest BCUT2D eigenvalue weighted by Gasteiger charge is -2.19. The van der Waals surface area contributed by atoms with Crippen LogP contribution in [0, 0.1) is 11.2 Å². The summed E-state index contributed by atoms with van der Waals surface area (Å²) >= 11 is 0. The first-order valence-electron chi connectivity index (χ1n) is 10.1. The maximum Gasteiger partial charge on any atom is 0.416 e. The molecule has 3 aromatic rings. The molecule has 2 amide bonds. The molecule has 0 aliphatic carbocycles. The summed E-state index contributed by atoms with van der Waals surface area (Å²) in [6.45, 7) is 0.233. The van der Waals surface area contributed by atoms with Gasteiger partial charge < -0.3 is 16.4 Å². The van der Waals surface area contributed by atoms with Crippen LogP contribution in [0.1, 0.15) is 22.3 Å². The van der Waals surface area contributed by atoms with Crippen molar-refractivity contribution < 1.29 is 22.4 Å². The molecule has 0 radical (unpaired) electrons. The Morgan fingerprint density at radius 2 is 1.94 bits per heavy atom. The van der Waals surface area contributed by atoms with Crippen LogP contribution in [0.4, 0.5) is 45.4 Å². The summed E-state index contributed by atoms with van der Waals surface area (Å²) in [5.41, 5.74) is 6.48. The number of carbonyl (C=O) groups excluding carboxylic acids is 1. The topological polar surface area (TPSA) is 120 Å². The van der Waals surface area contributed by atoms with E-state index in [2.05, 4.69) is 20.6 Å². The molecule has 0 atom stereocenters. The van der Waals surface area contributed by atoms with Gasteiger partial charge in [-0.15, -0.1) is 0 Å². The lowest BCUT2D eigenvalue weighted by molar-refractivity contribution is -0.137. The van der Waals surface area contributed by atoms with Crippen LogP contribution in [0.5, 0.6) is 0 Å². The van der Waals surface area contributed by atoms with E-state index < -0.39 is 29.3 Å². The number of hydrogen-bond acceptors (Lipinski definition) is 6. The van der Waals surface area contributed by atoms with Crippen LogP contribution in [-0.4, -0.2) is 35.3 Å². The van der Waals surface area contributed by atoms with Crippen molar-refractivity contribution >= 4 is 34.8 Å². The Bertz CT molecular complexity index is 1290. The molecule has 0 saturated heterocycles. The highest BCUT2D eigenvalue weighted by molar-refractivity contribution is 6.16.